The Bertz CT molecular complexity index is 682. The van der Waals surface area contributed by atoms with E-state index in [0.717, 1.165) is 32.1 Å². The van der Waals surface area contributed by atoms with Gasteiger partial charge in [-0.25, -0.2) is 0 Å². The summed E-state index contributed by atoms with van der Waals surface area (Å²) >= 11 is 0. The number of fused-ring (bicyclic) bond motifs is 5. The van der Waals surface area contributed by atoms with Gasteiger partial charge in [-0.15, -0.1) is 0 Å². The Kier molecular flexibility index (Phi) is 4.75. The fourth-order valence-electron chi connectivity index (χ4n) is 6.25. The number of unbranched alkanes of at least 4 members (excludes halogenated alkanes) is 1. The van der Waals surface area contributed by atoms with Crippen LogP contribution >= 0.6 is 0 Å². The highest BCUT2D eigenvalue weighted by Gasteiger charge is 2.56. The quantitative estimate of drug-likeness (QED) is 0.740. The van der Waals surface area contributed by atoms with E-state index in [1.807, 2.05) is 12.1 Å². The SMILES string of the molecule is CCCCC(=O)O[C@@H]1CC[C@H]2[C@@H]3CCc4cc(O)ccc4[C@@H]3CC[C@]12C. The number of hydrogen-bond acceptors (Lipinski definition) is 3. The summed E-state index contributed by atoms with van der Waals surface area (Å²) in [6.07, 6.45) is 9.47. The molecule has 0 unspecified atom stereocenters. The van der Waals surface area contributed by atoms with Crippen molar-refractivity contribution in [1.82, 2.24) is 0 Å². The van der Waals surface area contributed by atoms with E-state index >= 15 is 0 Å². The summed E-state index contributed by atoms with van der Waals surface area (Å²) in [5.74, 6) is 2.37. The molecule has 0 radical (unpaired) electrons. The van der Waals surface area contributed by atoms with E-state index in [9.17, 15) is 9.90 Å². The summed E-state index contributed by atoms with van der Waals surface area (Å²) in [5.41, 5.74) is 2.96. The van der Waals surface area contributed by atoms with Crippen molar-refractivity contribution < 1.29 is 14.6 Å². The smallest absolute Gasteiger partial charge is 0.306 e. The monoisotopic (exact) mass is 356 g/mol. The first kappa shape index (κ1) is 17.9. The maximum Gasteiger partial charge on any atom is 0.306 e. The van der Waals surface area contributed by atoms with Crippen LogP contribution in [0.3, 0.4) is 0 Å². The van der Waals surface area contributed by atoms with Crippen LogP contribution in [0.1, 0.15) is 82.3 Å². The summed E-state index contributed by atoms with van der Waals surface area (Å²) in [4.78, 5) is 12.2. The van der Waals surface area contributed by atoms with Gasteiger partial charge in [0.2, 0.25) is 0 Å². The Morgan fingerprint density at radius 2 is 2.12 bits per heavy atom. The van der Waals surface area contributed by atoms with E-state index in [1.165, 1.54) is 30.4 Å². The standard InChI is InChI=1S/C23H32O3/c1-3-4-5-22(25)26-21-11-10-20-19-8-6-15-14-16(24)7-9-17(15)18(19)12-13-23(20,21)2/h7,9,14,18-21,24H,3-6,8,10-13H2,1-2H3/t18-,19+,20-,21+,23-/m0/s1. The van der Waals surface area contributed by atoms with Crippen molar-refractivity contribution in [3.8, 4) is 5.75 Å². The zero-order valence-corrected chi connectivity index (χ0v) is 16.2. The van der Waals surface area contributed by atoms with Gasteiger partial charge in [0.15, 0.2) is 0 Å². The fourth-order valence-corrected chi connectivity index (χ4v) is 6.25. The molecular formula is C23H32O3. The van der Waals surface area contributed by atoms with Crippen molar-refractivity contribution in [3.05, 3.63) is 29.3 Å². The van der Waals surface area contributed by atoms with E-state index in [0.29, 0.717) is 29.9 Å². The Hall–Kier alpha value is -1.51. The zero-order valence-electron chi connectivity index (χ0n) is 16.2. The number of ether oxygens (including phenoxy) is 1. The average Bonchev–Trinajstić information content (AvgIpc) is 2.96. The maximum absolute atomic E-state index is 12.2. The molecule has 0 aromatic heterocycles. The van der Waals surface area contributed by atoms with Gasteiger partial charge < -0.3 is 9.84 Å². The lowest BCUT2D eigenvalue weighted by molar-refractivity contribution is -0.157. The summed E-state index contributed by atoms with van der Waals surface area (Å²) in [6, 6.07) is 5.97. The number of aromatic hydroxyl groups is 1. The number of aryl methyl sites for hydroxylation is 1. The van der Waals surface area contributed by atoms with Gasteiger partial charge in [0.1, 0.15) is 11.9 Å². The molecule has 0 bridgehead atoms. The third kappa shape index (κ3) is 2.93. The molecule has 0 spiro atoms. The first-order valence-corrected chi connectivity index (χ1v) is 10.5. The van der Waals surface area contributed by atoms with Gasteiger partial charge in [-0.05, 0) is 86.0 Å². The van der Waals surface area contributed by atoms with E-state index in [4.69, 9.17) is 4.74 Å². The number of benzene rings is 1. The van der Waals surface area contributed by atoms with Crippen molar-refractivity contribution in [3.63, 3.8) is 0 Å². The Morgan fingerprint density at radius 1 is 1.27 bits per heavy atom. The molecule has 1 aromatic rings. The summed E-state index contributed by atoms with van der Waals surface area (Å²) in [7, 11) is 0. The van der Waals surface area contributed by atoms with Gasteiger partial charge in [-0.3, -0.25) is 4.79 Å². The Balaban J connectivity index is 1.51. The van der Waals surface area contributed by atoms with Gasteiger partial charge in [-0.1, -0.05) is 26.3 Å². The van der Waals surface area contributed by atoms with Gasteiger partial charge in [0, 0.05) is 11.8 Å². The van der Waals surface area contributed by atoms with E-state index in [1.54, 1.807) is 0 Å². The fraction of sp³-hybridized carbons (Fsp3) is 0.696. The van der Waals surface area contributed by atoms with Crippen LogP contribution < -0.4 is 0 Å². The van der Waals surface area contributed by atoms with Gasteiger partial charge in [0.05, 0.1) is 0 Å². The molecule has 1 N–H and O–H groups in total. The molecule has 3 nitrogen and oxygen atoms in total. The summed E-state index contributed by atoms with van der Waals surface area (Å²) < 4.78 is 5.98. The summed E-state index contributed by atoms with van der Waals surface area (Å²) in [6.45, 7) is 4.49. The van der Waals surface area contributed by atoms with Crippen LogP contribution in [-0.2, 0) is 16.0 Å². The molecule has 0 aliphatic heterocycles. The highest BCUT2D eigenvalue weighted by molar-refractivity contribution is 5.69. The van der Waals surface area contributed by atoms with Gasteiger partial charge >= 0.3 is 5.97 Å². The van der Waals surface area contributed by atoms with Gasteiger partial charge in [0.25, 0.3) is 0 Å². The second kappa shape index (κ2) is 6.90. The molecule has 26 heavy (non-hydrogen) atoms. The largest absolute Gasteiger partial charge is 0.508 e. The predicted octanol–water partition coefficient (Wildman–Crippen LogP) is 5.35. The maximum atomic E-state index is 12.2. The van der Waals surface area contributed by atoms with Crippen LogP contribution in [0.2, 0.25) is 0 Å². The minimum absolute atomic E-state index is 0.00492. The lowest BCUT2D eigenvalue weighted by atomic mass is 9.55. The third-order valence-corrected chi connectivity index (χ3v) is 7.63. The number of carbonyl (C=O) groups excluding carboxylic acids is 1. The van der Waals surface area contributed by atoms with Crippen LogP contribution in [0.15, 0.2) is 18.2 Å². The Morgan fingerprint density at radius 3 is 2.92 bits per heavy atom. The number of phenols is 1. The van der Waals surface area contributed by atoms with Crippen molar-refractivity contribution in [1.29, 1.82) is 0 Å². The van der Waals surface area contributed by atoms with Crippen molar-refractivity contribution >= 4 is 5.97 Å². The molecular weight excluding hydrogens is 324 g/mol. The molecule has 1 aromatic carbocycles. The second-order valence-electron chi connectivity index (χ2n) is 9.00. The van der Waals surface area contributed by atoms with Crippen molar-refractivity contribution in [2.75, 3.05) is 0 Å². The van der Waals surface area contributed by atoms with E-state index in [2.05, 4.69) is 19.9 Å². The molecule has 3 heteroatoms. The van der Waals surface area contributed by atoms with Crippen LogP contribution in [-0.4, -0.2) is 17.2 Å². The topological polar surface area (TPSA) is 46.5 Å². The number of hydrogen-bond donors (Lipinski definition) is 1. The normalized spacial score (nSPS) is 35.3. The molecule has 4 rings (SSSR count). The molecule has 3 aliphatic carbocycles. The first-order chi connectivity index (χ1) is 12.5. The minimum Gasteiger partial charge on any atom is -0.508 e. The molecule has 5 atom stereocenters. The molecule has 0 heterocycles. The average molecular weight is 357 g/mol. The van der Waals surface area contributed by atoms with Crippen LogP contribution in [0.4, 0.5) is 0 Å². The molecule has 142 valence electrons. The van der Waals surface area contributed by atoms with E-state index < -0.39 is 0 Å². The highest BCUT2D eigenvalue weighted by atomic mass is 16.5. The molecule has 0 amide bonds. The van der Waals surface area contributed by atoms with Crippen LogP contribution in [0.5, 0.6) is 5.75 Å². The van der Waals surface area contributed by atoms with Crippen LogP contribution in [0, 0.1) is 17.3 Å². The lowest BCUT2D eigenvalue weighted by Gasteiger charge is -2.50. The second-order valence-corrected chi connectivity index (χ2v) is 9.00. The number of esters is 1. The number of rotatable bonds is 4. The predicted molar refractivity (Wildman–Crippen MR) is 102 cm³/mol. The molecule has 2 fully saturated rings. The highest BCUT2D eigenvalue weighted by Crippen LogP contribution is 2.61. The molecule has 2 saturated carbocycles. The number of carbonyl (C=O) groups is 1. The van der Waals surface area contributed by atoms with Gasteiger partial charge in [-0.2, -0.15) is 0 Å². The molecule has 0 saturated heterocycles. The van der Waals surface area contributed by atoms with Crippen molar-refractivity contribution in [2.45, 2.75) is 83.7 Å². The Labute approximate surface area is 157 Å². The third-order valence-electron chi connectivity index (χ3n) is 7.63. The summed E-state index contributed by atoms with van der Waals surface area (Å²) in [5, 5.41) is 9.81. The lowest BCUT2D eigenvalue weighted by Crippen LogP contribution is -2.45. The first-order valence-electron chi connectivity index (χ1n) is 10.5. The zero-order chi connectivity index (χ0) is 18.3. The van der Waals surface area contributed by atoms with Crippen molar-refractivity contribution in [2.24, 2.45) is 17.3 Å². The van der Waals surface area contributed by atoms with E-state index in [-0.39, 0.29) is 17.5 Å². The molecule has 3 aliphatic rings. The minimum atomic E-state index is 0.00492. The van der Waals surface area contributed by atoms with Crippen LogP contribution in [0.25, 0.3) is 0 Å². The number of phenolic OH excluding ortho intramolecular Hbond substituents is 1.